The van der Waals surface area contributed by atoms with E-state index in [0.29, 0.717) is 12.4 Å². The molecule has 0 fully saturated rings. The second-order valence-electron chi connectivity index (χ2n) is 5.07. The van der Waals surface area contributed by atoms with Crippen LogP contribution in [0.2, 0.25) is 0 Å². The molecule has 0 unspecified atom stereocenters. The van der Waals surface area contributed by atoms with Crippen LogP contribution in [0, 0.1) is 0 Å². The van der Waals surface area contributed by atoms with E-state index in [-0.39, 0.29) is 5.91 Å². The number of hydrogen-bond donors (Lipinski definition) is 0. The lowest BCUT2D eigenvalue weighted by Crippen LogP contribution is -2.32. The number of carbonyl (C=O) groups is 2. The summed E-state index contributed by atoms with van der Waals surface area (Å²) in [5.74, 6) is -0.0796. The van der Waals surface area contributed by atoms with Crippen molar-refractivity contribution in [3.63, 3.8) is 0 Å². The Balaban J connectivity index is -0.000000946. The summed E-state index contributed by atoms with van der Waals surface area (Å²) in [6.45, 7) is 16.5. The van der Waals surface area contributed by atoms with E-state index < -0.39 is 0 Å². The number of amides is 1. The Kier molecular flexibility index (Phi) is 21.0. The molecule has 0 radical (unpaired) electrons. The summed E-state index contributed by atoms with van der Waals surface area (Å²) >= 11 is 1.46. The van der Waals surface area contributed by atoms with Gasteiger partial charge in [-0.2, -0.15) is 0 Å². The number of allylic oxidation sites excluding steroid dienone is 4. The summed E-state index contributed by atoms with van der Waals surface area (Å²) < 4.78 is 0. The van der Waals surface area contributed by atoms with Gasteiger partial charge in [0.2, 0.25) is 0 Å². The van der Waals surface area contributed by atoms with Crippen molar-refractivity contribution in [3.05, 3.63) is 47.7 Å². The second kappa shape index (κ2) is 19.4. The maximum atomic E-state index is 11.9. The Labute approximate surface area is 175 Å². The molecule has 28 heavy (non-hydrogen) atoms. The minimum absolute atomic E-state index is 0.0796. The van der Waals surface area contributed by atoms with Crippen LogP contribution < -0.4 is 4.90 Å². The van der Waals surface area contributed by atoms with E-state index in [2.05, 4.69) is 16.5 Å². The molecule has 1 aromatic rings. The van der Waals surface area contributed by atoms with Gasteiger partial charge in [-0.15, -0.1) is 11.3 Å². The van der Waals surface area contributed by atoms with Gasteiger partial charge in [-0.05, 0) is 19.1 Å². The Bertz CT molecular complexity index is 595. The van der Waals surface area contributed by atoms with Gasteiger partial charge in [0.05, 0.1) is 6.67 Å². The number of rotatable bonds is 7. The van der Waals surface area contributed by atoms with Crippen LogP contribution in [0.1, 0.15) is 45.1 Å². The summed E-state index contributed by atoms with van der Waals surface area (Å²) in [7, 11) is 7.39. The van der Waals surface area contributed by atoms with Gasteiger partial charge in [0.25, 0.3) is 5.91 Å². The summed E-state index contributed by atoms with van der Waals surface area (Å²) in [6.07, 6.45) is 7.77. The molecule has 0 aliphatic carbocycles. The van der Waals surface area contributed by atoms with Crippen LogP contribution in [0.3, 0.4) is 0 Å². The minimum Gasteiger partial charge on any atom is -0.357 e. The summed E-state index contributed by atoms with van der Waals surface area (Å²) in [5, 5.41) is 2.60. The van der Waals surface area contributed by atoms with E-state index in [1.807, 2.05) is 84.7 Å². The maximum absolute atomic E-state index is 11.9. The van der Waals surface area contributed by atoms with E-state index in [9.17, 15) is 4.79 Å². The zero-order valence-corrected chi connectivity index (χ0v) is 19.8. The topological polar surface area (TPSA) is 56.8 Å². The molecule has 6 nitrogen and oxygen atoms in total. The molecule has 0 spiro atoms. The summed E-state index contributed by atoms with van der Waals surface area (Å²) in [5.41, 5.74) is 1.50. The first-order valence-electron chi connectivity index (χ1n) is 9.24. The van der Waals surface area contributed by atoms with Gasteiger partial charge in [0, 0.05) is 39.3 Å². The smallest absolute Gasteiger partial charge is 0.272 e. The van der Waals surface area contributed by atoms with Crippen LogP contribution in [0.15, 0.2) is 42.0 Å². The molecule has 0 aliphatic rings. The zero-order valence-electron chi connectivity index (χ0n) is 19.0. The molecule has 0 aliphatic heterocycles. The van der Waals surface area contributed by atoms with Crippen LogP contribution in [0.4, 0.5) is 5.13 Å². The molecule has 0 saturated carbocycles. The lowest BCUT2D eigenvalue weighted by molar-refractivity contribution is -0.0980. The molecule has 1 amide bonds. The van der Waals surface area contributed by atoms with Crippen LogP contribution in [0.25, 0.3) is 0 Å². The third kappa shape index (κ3) is 11.3. The van der Waals surface area contributed by atoms with Crippen molar-refractivity contribution in [1.82, 2.24) is 14.8 Å². The fraction of sp³-hybridized carbons (Fsp3) is 0.476. The van der Waals surface area contributed by atoms with Crippen molar-refractivity contribution in [2.24, 2.45) is 0 Å². The van der Waals surface area contributed by atoms with Gasteiger partial charge in [-0.3, -0.25) is 4.79 Å². The van der Waals surface area contributed by atoms with E-state index in [4.69, 9.17) is 4.79 Å². The number of hydrogen-bond acceptors (Lipinski definition) is 6. The Morgan fingerprint density at radius 1 is 1.14 bits per heavy atom. The largest absolute Gasteiger partial charge is 0.357 e. The lowest BCUT2D eigenvalue weighted by Gasteiger charge is -2.26. The van der Waals surface area contributed by atoms with Crippen LogP contribution in [-0.2, 0) is 4.79 Å². The van der Waals surface area contributed by atoms with Gasteiger partial charge in [-0.1, -0.05) is 46.4 Å². The molecule has 0 bridgehead atoms. The standard InChI is InChI=1S/C16H24N4OS.2C2H6.CH2O/c1-7-9-10-13(8-2)19(5)12-20(6)16-17-14(11-22-16)15(21)18(3)4;3*1-2/h7-11H,2,12H2,1,3-6H3;2*1-2H3;1H2/b9-7-,13-10+;;;. The first kappa shape index (κ1) is 30.3. The molecule has 1 aromatic heterocycles. The molecule has 7 heteroatoms. The van der Waals surface area contributed by atoms with Crippen molar-refractivity contribution in [2.45, 2.75) is 34.6 Å². The molecule has 1 rings (SSSR count). The quantitative estimate of drug-likeness (QED) is 0.482. The fourth-order valence-corrected chi connectivity index (χ4v) is 2.53. The Morgan fingerprint density at radius 3 is 2.11 bits per heavy atom. The number of aromatic nitrogens is 1. The van der Waals surface area contributed by atoms with Crippen molar-refractivity contribution < 1.29 is 9.59 Å². The summed E-state index contributed by atoms with van der Waals surface area (Å²) in [4.78, 5) is 29.9. The number of carbonyl (C=O) groups excluding carboxylic acids is 2. The molecular formula is C21H38N4O2S. The first-order valence-corrected chi connectivity index (χ1v) is 10.1. The average molecular weight is 411 g/mol. The predicted molar refractivity (Wildman–Crippen MR) is 124 cm³/mol. The molecule has 0 N–H and O–H groups in total. The van der Waals surface area contributed by atoms with E-state index in [1.54, 1.807) is 19.5 Å². The molecule has 0 aromatic carbocycles. The minimum atomic E-state index is -0.0796. The molecular weight excluding hydrogens is 372 g/mol. The van der Waals surface area contributed by atoms with Gasteiger partial charge >= 0.3 is 0 Å². The van der Waals surface area contributed by atoms with Crippen molar-refractivity contribution in [2.75, 3.05) is 39.8 Å². The second-order valence-corrected chi connectivity index (χ2v) is 5.91. The highest BCUT2D eigenvalue weighted by atomic mass is 32.1. The number of nitrogens with zero attached hydrogens (tertiary/aromatic N) is 4. The van der Waals surface area contributed by atoms with Crippen LogP contribution >= 0.6 is 11.3 Å². The van der Waals surface area contributed by atoms with Crippen LogP contribution in [0.5, 0.6) is 0 Å². The third-order valence-corrected chi connectivity index (χ3v) is 3.93. The zero-order chi connectivity index (χ0) is 22.7. The number of likely N-dealkylation sites (N-methyl/N-ethyl adjacent to an activating group) is 1. The van der Waals surface area contributed by atoms with E-state index >= 15 is 0 Å². The molecule has 1 heterocycles. The maximum Gasteiger partial charge on any atom is 0.272 e. The average Bonchev–Trinajstić information content (AvgIpc) is 3.22. The monoisotopic (exact) mass is 410 g/mol. The fourth-order valence-electron chi connectivity index (χ4n) is 1.77. The van der Waals surface area contributed by atoms with E-state index in [0.717, 1.165) is 10.8 Å². The normalized spacial score (nSPS) is 9.68. The first-order chi connectivity index (χ1) is 13.4. The van der Waals surface area contributed by atoms with Gasteiger partial charge in [0.15, 0.2) is 5.13 Å². The summed E-state index contributed by atoms with van der Waals surface area (Å²) in [6, 6.07) is 0. The van der Waals surface area contributed by atoms with Gasteiger partial charge < -0.3 is 19.5 Å². The highest BCUT2D eigenvalue weighted by Crippen LogP contribution is 2.20. The Morgan fingerprint density at radius 2 is 1.68 bits per heavy atom. The van der Waals surface area contributed by atoms with E-state index in [1.165, 1.54) is 16.2 Å². The lowest BCUT2D eigenvalue weighted by atomic mass is 10.3. The van der Waals surface area contributed by atoms with Gasteiger partial charge in [-0.25, -0.2) is 4.98 Å². The molecule has 0 saturated heterocycles. The molecule has 0 atom stereocenters. The highest BCUT2D eigenvalue weighted by molar-refractivity contribution is 7.13. The predicted octanol–water partition coefficient (Wildman–Crippen LogP) is 4.68. The SMILES string of the molecule is C=C/C(=C\C=C/C)N(C)CN(C)c1nc(C(=O)N(C)C)cs1.C=O.CC.CC. The van der Waals surface area contributed by atoms with Crippen molar-refractivity contribution >= 4 is 29.2 Å². The molecule has 160 valence electrons. The van der Waals surface area contributed by atoms with Crippen molar-refractivity contribution in [1.29, 1.82) is 0 Å². The third-order valence-electron chi connectivity index (χ3n) is 2.98. The van der Waals surface area contributed by atoms with Crippen LogP contribution in [-0.4, -0.2) is 62.3 Å². The number of anilines is 1. The van der Waals surface area contributed by atoms with Gasteiger partial charge in [0.1, 0.15) is 12.5 Å². The highest BCUT2D eigenvalue weighted by Gasteiger charge is 2.15. The number of thiazole rings is 1. The Hall–Kier alpha value is -2.41. The van der Waals surface area contributed by atoms with Crippen molar-refractivity contribution in [3.8, 4) is 0 Å².